The van der Waals surface area contributed by atoms with E-state index in [0.717, 1.165) is 0 Å². The Bertz CT molecular complexity index is 991. The monoisotopic (exact) mass is 411 g/mol. The summed E-state index contributed by atoms with van der Waals surface area (Å²) in [4.78, 5) is 41.1. The lowest BCUT2D eigenvalue weighted by Gasteiger charge is -2.42. The number of carbonyl (C=O) groups is 3. The van der Waals surface area contributed by atoms with Crippen LogP contribution >= 0.6 is 0 Å². The summed E-state index contributed by atoms with van der Waals surface area (Å²) in [6, 6.07) is 8.04. The highest BCUT2D eigenvalue weighted by atomic mass is 16.3. The van der Waals surface area contributed by atoms with E-state index in [-0.39, 0.29) is 29.5 Å². The van der Waals surface area contributed by atoms with Crippen molar-refractivity contribution < 1.29 is 19.5 Å². The van der Waals surface area contributed by atoms with Crippen LogP contribution < -0.4 is 5.32 Å². The predicted molar refractivity (Wildman–Crippen MR) is 109 cm³/mol. The number of nitrogens with one attached hydrogen (secondary N) is 2. The maximum Gasteiger partial charge on any atom is 0.325 e. The molecule has 3 heterocycles. The van der Waals surface area contributed by atoms with E-state index in [2.05, 4.69) is 15.5 Å². The lowest BCUT2D eigenvalue weighted by molar-refractivity contribution is -0.129. The molecule has 1 aromatic heterocycles. The number of amides is 4. The molecule has 2 fully saturated rings. The lowest BCUT2D eigenvalue weighted by atomic mass is 9.85. The molecular weight excluding hydrogens is 386 g/mol. The molecule has 3 N–H and O–H groups in total. The predicted octanol–water partition coefficient (Wildman–Crippen LogP) is 1.96. The number of carbonyl (C=O) groups excluding carboxylic acids is 3. The summed E-state index contributed by atoms with van der Waals surface area (Å²) in [6.07, 6.45) is 0.785. The molecule has 2 saturated heterocycles. The number of likely N-dealkylation sites (tertiary alicyclic amines) is 1. The first kappa shape index (κ1) is 19.9. The second-order valence-electron chi connectivity index (χ2n) is 8.27. The third kappa shape index (κ3) is 3.30. The Hall–Kier alpha value is -3.36. The van der Waals surface area contributed by atoms with E-state index in [1.165, 1.54) is 0 Å². The van der Waals surface area contributed by atoms with Gasteiger partial charge in [-0.15, -0.1) is 0 Å². The van der Waals surface area contributed by atoms with E-state index in [1.807, 2.05) is 13.8 Å². The number of phenols is 1. The van der Waals surface area contributed by atoms with Crippen LogP contribution in [0.2, 0.25) is 0 Å². The van der Waals surface area contributed by atoms with Crippen LogP contribution in [0.1, 0.15) is 37.2 Å². The van der Waals surface area contributed by atoms with Crippen LogP contribution in [0, 0.1) is 5.92 Å². The number of nitrogens with zero attached hydrogens (tertiary/aromatic N) is 3. The van der Waals surface area contributed by atoms with Crippen molar-refractivity contribution in [2.75, 3.05) is 19.6 Å². The van der Waals surface area contributed by atoms with E-state index in [9.17, 15) is 19.5 Å². The number of imide groups is 1. The highest BCUT2D eigenvalue weighted by molar-refractivity contribution is 6.07. The molecule has 9 nitrogen and oxygen atoms in total. The number of aromatic amines is 1. The van der Waals surface area contributed by atoms with Gasteiger partial charge in [0, 0.05) is 25.2 Å². The molecular formula is C21H25N5O4. The molecule has 0 aliphatic carbocycles. The summed E-state index contributed by atoms with van der Waals surface area (Å²) in [5.41, 5.74) is 0.451. The van der Waals surface area contributed by atoms with Crippen LogP contribution in [0.5, 0.6) is 5.75 Å². The van der Waals surface area contributed by atoms with Crippen LogP contribution in [-0.2, 0) is 4.79 Å². The molecule has 0 bridgehead atoms. The Morgan fingerprint density at radius 3 is 2.60 bits per heavy atom. The van der Waals surface area contributed by atoms with Crippen LogP contribution in [0.15, 0.2) is 30.3 Å². The average molecular weight is 411 g/mol. The number of para-hydroxylation sites is 1. The fourth-order valence-corrected chi connectivity index (χ4v) is 4.23. The Kier molecular flexibility index (Phi) is 4.97. The first-order valence-corrected chi connectivity index (χ1v) is 10.1. The molecule has 0 saturated carbocycles. The van der Waals surface area contributed by atoms with Gasteiger partial charge in [-0.2, -0.15) is 5.10 Å². The van der Waals surface area contributed by atoms with Gasteiger partial charge in [0.1, 0.15) is 17.0 Å². The first-order valence-electron chi connectivity index (χ1n) is 10.1. The number of benzene rings is 1. The minimum Gasteiger partial charge on any atom is -0.507 e. The van der Waals surface area contributed by atoms with Gasteiger partial charge in [0.2, 0.25) is 0 Å². The Morgan fingerprint density at radius 2 is 1.93 bits per heavy atom. The molecule has 158 valence electrons. The van der Waals surface area contributed by atoms with Crippen molar-refractivity contribution in [3.63, 3.8) is 0 Å². The third-order valence-electron chi connectivity index (χ3n) is 5.82. The molecule has 30 heavy (non-hydrogen) atoms. The molecule has 1 spiro atoms. The van der Waals surface area contributed by atoms with Crippen molar-refractivity contribution in [2.24, 2.45) is 5.92 Å². The van der Waals surface area contributed by atoms with Gasteiger partial charge in [-0.25, -0.2) is 4.79 Å². The first-order chi connectivity index (χ1) is 14.3. The summed E-state index contributed by atoms with van der Waals surface area (Å²) < 4.78 is 0. The Morgan fingerprint density at radius 1 is 1.23 bits per heavy atom. The SMILES string of the molecule is CC(C)CN1C(=O)NC(=O)C12CCN(C(=O)c1cc(-c3ccccc3O)n[nH]1)CC2. The summed E-state index contributed by atoms with van der Waals surface area (Å²) in [5, 5.41) is 19.3. The zero-order chi connectivity index (χ0) is 21.5. The molecule has 1 aromatic carbocycles. The molecule has 4 rings (SSSR count). The van der Waals surface area contributed by atoms with Crippen molar-refractivity contribution in [3.8, 4) is 17.0 Å². The largest absolute Gasteiger partial charge is 0.507 e. The quantitative estimate of drug-likeness (QED) is 0.665. The molecule has 4 amide bonds. The third-order valence-corrected chi connectivity index (χ3v) is 5.82. The smallest absolute Gasteiger partial charge is 0.325 e. The van der Waals surface area contributed by atoms with Gasteiger partial charge >= 0.3 is 6.03 Å². The molecule has 2 aliphatic rings. The number of aromatic nitrogens is 2. The van der Waals surface area contributed by atoms with E-state index < -0.39 is 5.54 Å². The van der Waals surface area contributed by atoms with Gasteiger partial charge in [0.05, 0.1) is 5.69 Å². The molecule has 0 radical (unpaired) electrons. The van der Waals surface area contributed by atoms with Crippen LogP contribution in [-0.4, -0.2) is 68.1 Å². The van der Waals surface area contributed by atoms with Gasteiger partial charge in [-0.1, -0.05) is 26.0 Å². The van der Waals surface area contributed by atoms with Crippen LogP contribution in [0.25, 0.3) is 11.3 Å². The van der Waals surface area contributed by atoms with Gasteiger partial charge in [0.15, 0.2) is 0 Å². The molecule has 2 aromatic rings. The lowest BCUT2D eigenvalue weighted by Crippen LogP contribution is -2.58. The summed E-state index contributed by atoms with van der Waals surface area (Å²) in [7, 11) is 0. The number of H-pyrrole nitrogens is 1. The van der Waals surface area contributed by atoms with E-state index in [4.69, 9.17) is 0 Å². The number of piperidine rings is 1. The summed E-state index contributed by atoms with van der Waals surface area (Å²) >= 11 is 0. The van der Waals surface area contributed by atoms with E-state index in [1.54, 1.807) is 40.1 Å². The minimum atomic E-state index is -0.882. The van der Waals surface area contributed by atoms with E-state index >= 15 is 0 Å². The van der Waals surface area contributed by atoms with Gasteiger partial charge in [-0.3, -0.25) is 20.0 Å². The van der Waals surface area contributed by atoms with Gasteiger partial charge in [-0.05, 0) is 37.0 Å². The average Bonchev–Trinajstić information content (AvgIpc) is 3.28. The maximum atomic E-state index is 12.9. The second-order valence-corrected chi connectivity index (χ2v) is 8.27. The number of urea groups is 1. The maximum absolute atomic E-state index is 12.9. The number of hydrogen-bond acceptors (Lipinski definition) is 5. The standard InChI is InChI=1S/C21H25N5O4/c1-13(2)12-26-20(30)22-19(29)21(26)7-9-25(10-8-21)18(28)16-11-15(23-24-16)14-5-3-4-6-17(14)27/h3-6,11,13,27H,7-10,12H2,1-2H3,(H,23,24)(H,22,29,30). The topological polar surface area (TPSA) is 119 Å². The summed E-state index contributed by atoms with van der Waals surface area (Å²) in [6.45, 7) is 5.22. The fraction of sp³-hybridized carbons (Fsp3) is 0.429. The van der Waals surface area contributed by atoms with Crippen molar-refractivity contribution in [2.45, 2.75) is 32.2 Å². The number of rotatable bonds is 4. The number of aromatic hydroxyl groups is 1. The highest BCUT2D eigenvalue weighted by Gasteiger charge is 2.54. The summed E-state index contributed by atoms with van der Waals surface area (Å²) in [5.74, 6) is -0.177. The Balaban J connectivity index is 1.48. The van der Waals surface area contributed by atoms with Crippen molar-refractivity contribution in [1.29, 1.82) is 0 Å². The van der Waals surface area contributed by atoms with E-state index in [0.29, 0.717) is 49.4 Å². The zero-order valence-electron chi connectivity index (χ0n) is 17.0. The second kappa shape index (κ2) is 7.47. The van der Waals surface area contributed by atoms with Crippen LogP contribution in [0.3, 0.4) is 0 Å². The van der Waals surface area contributed by atoms with Gasteiger partial charge in [0.25, 0.3) is 11.8 Å². The highest BCUT2D eigenvalue weighted by Crippen LogP contribution is 2.34. The minimum absolute atomic E-state index is 0.0880. The normalized spacial score (nSPS) is 18.4. The zero-order valence-corrected chi connectivity index (χ0v) is 17.0. The van der Waals surface area contributed by atoms with Crippen LogP contribution in [0.4, 0.5) is 4.79 Å². The van der Waals surface area contributed by atoms with Crippen molar-refractivity contribution in [1.82, 2.24) is 25.3 Å². The Labute approximate surface area is 174 Å². The number of phenolic OH excluding ortho intramolecular Hbond substituents is 1. The molecule has 0 unspecified atom stereocenters. The number of hydrogen-bond donors (Lipinski definition) is 3. The van der Waals surface area contributed by atoms with Crippen molar-refractivity contribution in [3.05, 3.63) is 36.0 Å². The molecule has 2 aliphatic heterocycles. The molecule has 9 heteroatoms. The van der Waals surface area contributed by atoms with Gasteiger partial charge < -0.3 is 14.9 Å². The van der Waals surface area contributed by atoms with Crippen molar-refractivity contribution >= 4 is 17.8 Å². The fourth-order valence-electron chi connectivity index (χ4n) is 4.23. The molecule has 0 atom stereocenters.